The van der Waals surface area contributed by atoms with Crippen LogP contribution in [0.1, 0.15) is 17.6 Å². The molecule has 0 aliphatic rings. The van der Waals surface area contributed by atoms with Gasteiger partial charge in [0.1, 0.15) is 6.07 Å². The van der Waals surface area contributed by atoms with Crippen molar-refractivity contribution in [2.75, 3.05) is 0 Å². The average Bonchev–Trinajstić information content (AvgIpc) is 2.14. The van der Waals surface area contributed by atoms with Gasteiger partial charge >= 0.3 is 0 Å². The van der Waals surface area contributed by atoms with E-state index in [1.807, 2.05) is 0 Å². The quantitative estimate of drug-likeness (QED) is 0.801. The van der Waals surface area contributed by atoms with E-state index in [4.69, 9.17) is 10.4 Å². The van der Waals surface area contributed by atoms with Crippen LogP contribution in [0.4, 0.5) is 8.78 Å². The van der Waals surface area contributed by atoms with Crippen molar-refractivity contribution >= 4 is 32.6 Å². The molecular weight excluding hydrogens is 355 g/mol. The summed E-state index contributed by atoms with van der Waals surface area (Å²) in [5.74, 6) is 0. The molecule has 0 saturated carbocycles. The number of nitriles is 1. The first-order valence-electron chi connectivity index (χ1n) is 3.68. The molecular formula is C7H4F2IN3O2S. The summed E-state index contributed by atoms with van der Waals surface area (Å²) in [6.07, 6.45) is -2.13. The Kier molecular flexibility index (Phi) is 3.76. The summed E-state index contributed by atoms with van der Waals surface area (Å²) in [7, 11) is -4.37. The third-order valence-corrected chi connectivity index (χ3v) is 3.32. The first kappa shape index (κ1) is 13.2. The molecule has 0 fully saturated rings. The number of hydrogen-bond acceptors (Lipinski definition) is 4. The molecule has 1 aromatic heterocycles. The molecule has 1 aromatic rings. The monoisotopic (exact) mass is 359 g/mol. The predicted octanol–water partition coefficient (Wildman–Crippen LogP) is 1.14. The zero-order valence-electron chi connectivity index (χ0n) is 7.49. The Balaban J connectivity index is 3.74. The van der Waals surface area contributed by atoms with Crippen LogP contribution in [-0.4, -0.2) is 13.4 Å². The van der Waals surface area contributed by atoms with Crippen molar-refractivity contribution in [1.82, 2.24) is 4.98 Å². The van der Waals surface area contributed by atoms with Crippen molar-refractivity contribution in [3.63, 3.8) is 0 Å². The second kappa shape index (κ2) is 4.56. The summed E-state index contributed by atoms with van der Waals surface area (Å²) in [5, 5.41) is 12.5. The Morgan fingerprint density at radius 3 is 2.50 bits per heavy atom. The SMILES string of the molecule is N#Cc1c(I)cnc(S(N)(=O)=O)c1C(F)F. The maximum absolute atomic E-state index is 12.7. The van der Waals surface area contributed by atoms with Crippen LogP contribution in [0.5, 0.6) is 0 Å². The summed E-state index contributed by atoms with van der Waals surface area (Å²) >= 11 is 1.61. The lowest BCUT2D eigenvalue weighted by Crippen LogP contribution is -2.18. The van der Waals surface area contributed by atoms with Gasteiger partial charge in [-0.25, -0.2) is 27.3 Å². The van der Waals surface area contributed by atoms with Crippen molar-refractivity contribution in [2.45, 2.75) is 11.5 Å². The van der Waals surface area contributed by atoms with Crippen LogP contribution in [0, 0.1) is 14.9 Å². The van der Waals surface area contributed by atoms with Crippen LogP contribution in [0.15, 0.2) is 11.2 Å². The third kappa shape index (κ3) is 2.45. The van der Waals surface area contributed by atoms with Gasteiger partial charge in [0.15, 0.2) is 5.03 Å². The van der Waals surface area contributed by atoms with Gasteiger partial charge in [-0.3, -0.25) is 0 Å². The molecule has 0 bridgehead atoms. The minimum Gasteiger partial charge on any atom is -0.242 e. The Hall–Kier alpha value is -0.860. The van der Waals surface area contributed by atoms with Crippen molar-refractivity contribution in [3.05, 3.63) is 20.9 Å². The van der Waals surface area contributed by atoms with E-state index in [0.717, 1.165) is 6.20 Å². The van der Waals surface area contributed by atoms with Gasteiger partial charge in [0.25, 0.3) is 16.4 Å². The number of nitrogens with zero attached hydrogens (tertiary/aromatic N) is 2. The summed E-state index contributed by atoms with van der Waals surface area (Å²) in [6.45, 7) is 0. The van der Waals surface area contributed by atoms with Crippen molar-refractivity contribution in [2.24, 2.45) is 5.14 Å². The summed E-state index contributed by atoms with van der Waals surface area (Å²) in [6, 6.07) is 1.51. The maximum Gasteiger partial charge on any atom is 0.268 e. The minimum absolute atomic E-state index is 0.141. The van der Waals surface area contributed by atoms with Crippen LogP contribution < -0.4 is 5.14 Å². The summed E-state index contributed by atoms with van der Waals surface area (Å²) in [4.78, 5) is 3.33. The van der Waals surface area contributed by atoms with E-state index in [-0.39, 0.29) is 3.57 Å². The summed E-state index contributed by atoms with van der Waals surface area (Å²) < 4.78 is 47.5. The number of nitrogens with two attached hydrogens (primary N) is 1. The predicted molar refractivity (Wildman–Crippen MR) is 58.0 cm³/mol. The number of rotatable bonds is 2. The van der Waals surface area contributed by atoms with Gasteiger partial charge in [-0.2, -0.15) is 5.26 Å². The third-order valence-electron chi connectivity index (χ3n) is 1.63. The standard InChI is InChI=1S/C7H4F2IN3O2S/c8-6(9)5-3(1-11)4(10)2-13-7(5)16(12,14)15/h2,6H,(H2,12,14,15). The Morgan fingerprint density at radius 2 is 2.12 bits per heavy atom. The number of alkyl halides is 2. The molecule has 0 unspecified atom stereocenters. The van der Waals surface area contributed by atoms with Gasteiger partial charge in [0.2, 0.25) is 0 Å². The number of hydrogen-bond donors (Lipinski definition) is 1. The second-order valence-electron chi connectivity index (χ2n) is 2.66. The fourth-order valence-corrected chi connectivity index (χ4v) is 2.28. The average molecular weight is 359 g/mol. The molecule has 86 valence electrons. The highest BCUT2D eigenvalue weighted by Gasteiger charge is 2.27. The van der Waals surface area contributed by atoms with Crippen LogP contribution in [0.25, 0.3) is 0 Å². The van der Waals surface area contributed by atoms with Crippen LogP contribution in [0.3, 0.4) is 0 Å². The van der Waals surface area contributed by atoms with Crippen LogP contribution in [0.2, 0.25) is 0 Å². The molecule has 0 radical (unpaired) electrons. The smallest absolute Gasteiger partial charge is 0.242 e. The van der Waals surface area contributed by atoms with E-state index in [2.05, 4.69) is 4.98 Å². The largest absolute Gasteiger partial charge is 0.268 e. The minimum atomic E-state index is -4.37. The highest BCUT2D eigenvalue weighted by atomic mass is 127. The number of halogens is 3. The van der Waals surface area contributed by atoms with E-state index in [1.54, 1.807) is 22.6 Å². The summed E-state index contributed by atoms with van der Waals surface area (Å²) in [5.41, 5.74) is -1.37. The zero-order valence-corrected chi connectivity index (χ0v) is 10.5. The highest BCUT2D eigenvalue weighted by molar-refractivity contribution is 14.1. The molecule has 0 aliphatic heterocycles. The number of sulfonamides is 1. The fourth-order valence-electron chi connectivity index (χ4n) is 1.03. The number of pyridine rings is 1. The van der Waals surface area contributed by atoms with Gasteiger partial charge in [-0.15, -0.1) is 0 Å². The molecule has 1 rings (SSSR count). The van der Waals surface area contributed by atoms with Crippen molar-refractivity contribution in [3.8, 4) is 6.07 Å². The normalized spacial score (nSPS) is 11.5. The van der Waals surface area contributed by atoms with Crippen LogP contribution in [-0.2, 0) is 10.0 Å². The molecule has 0 saturated heterocycles. The molecule has 0 spiro atoms. The van der Waals surface area contributed by atoms with Gasteiger partial charge in [-0.05, 0) is 22.6 Å². The van der Waals surface area contributed by atoms with E-state index in [1.165, 1.54) is 6.07 Å². The molecule has 9 heteroatoms. The first-order chi connectivity index (χ1) is 7.29. The van der Waals surface area contributed by atoms with E-state index < -0.39 is 32.6 Å². The van der Waals surface area contributed by atoms with Gasteiger partial charge in [0.05, 0.1) is 11.1 Å². The molecule has 0 amide bonds. The lowest BCUT2D eigenvalue weighted by atomic mass is 10.2. The molecule has 1 heterocycles. The van der Waals surface area contributed by atoms with Gasteiger partial charge in [-0.1, -0.05) is 0 Å². The molecule has 0 atom stereocenters. The Morgan fingerprint density at radius 1 is 1.56 bits per heavy atom. The van der Waals surface area contributed by atoms with Gasteiger partial charge in [0, 0.05) is 9.77 Å². The topological polar surface area (TPSA) is 96.8 Å². The maximum atomic E-state index is 12.7. The molecule has 0 aromatic carbocycles. The van der Waals surface area contributed by atoms with Gasteiger partial charge < -0.3 is 0 Å². The Bertz CT molecular complexity index is 568. The lowest BCUT2D eigenvalue weighted by Gasteiger charge is -2.08. The van der Waals surface area contributed by atoms with E-state index in [0.29, 0.717) is 0 Å². The fraction of sp³-hybridized carbons (Fsp3) is 0.143. The second-order valence-corrected chi connectivity index (χ2v) is 5.30. The van der Waals surface area contributed by atoms with E-state index >= 15 is 0 Å². The Labute approximate surface area is 103 Å². The first-order valence-corrected chi connectivity index (χ1v) is 6.31. The highest BCUT2D eigenvalue weighted by Crippen LogP contribution is 2.29. The molecule has 16 heavy (non-hydrogen) atoms. The van der Waals surface area contributed by atoms with E-state index in [9.17, 15) is 17.2 Å². The lowest BCUT2D eigenvalue weighted by molar-refractivity contribution is 0.146. The zero-order chi connectivity index (χ0) is 12.5. The van der Waals surface area contributed by atoms with Crippen molar-refractivity contribution in [1.29, 1.82) is 5.26 Å². The van der Waals surface area contributed by atoms with Crippen LogP contribution >= 0.6 is 22.6 Å². The molecule has 2 N–H and O–H groups in total. The molecule has 5 nitrogen and oxygen atoms in total. The number of primary sulfonamides is 1. The molecule has 0 aliphatic carbocycles. The van der Waals surface area contributed by atoms with Crippen molar-refractivity contribution < 1.29 is 17.2 Å². The number of aromatic nitrogens is 1.